The summed E-state index contributed by atoms with van der Waals surface area (Å²) < 4.78 is 0. The first-order valence-corrected chi connectivity index (χ1v) is 6.77. The van der Waals surface area contributed by atoms with Gasteiger partial charge in [-0.15, -0.1) is 0 Å². The van der Waals surface area contributed by atoms with Gasteiger partial charge >= 0.3 is 0 Å². The van der Waals surface area contributed by atoms with Crippen LogP contribution in [0.1, 0.15) is 36.5 Å². The third-order valence-electron chi connectivity index (χ3n) is 3.61. The standard InChI is InChI=1S/C14H19ClN2O/c1-9-2-3-10(6-9)8-17-14(18)11-4-5-12(15)13(16)7-11/h4-5,7,9-10H,2-3,6,8,16H2,1H3,(H,17,18). The monoisotopic (exact) mass is 266 g/mol. The Hall–Kier alpha value is -1.22. The fourth-order valence-electron chi connectivity index (χ4n) is 2.53. The molecule has 18 heavy (non-hydrogen) atoms. The Bertz CT molecular complexity index is 447. The van der Waals surface area contributed by atoms with Crippen molar-refractivity contribution in [2.24, 2.45) is 11.8 Å². The number of nitrogen functional groups attached to an aromatic ring is 1. The van der Waals surface area contributed by atoms with E-state index in [9.17, 15) is 4.79 Å². The summed E-state index contributed by atoms with van der Waals surface area (Å²) in [5.74, 6) is 1.34. The smallest absolute Gasteiger partial charge is 0.251 e. The normalized spacial score (nSPS) is 23.0. The Kier molecular flexibility index (Phi) is 4.12. The van der Waals surface area contributed by atoms with Crippen molar-refractivity contribution in [2.45, 2.75) is 26.2 Å². The van der Waals surface area contributed by atoms with Crippen LogP contribution >= 0.6 is 11.6 Å². The summed E-state index contributed by atoms with van der Waals surface area (Å²) in [7, 11) is 0. The van der Waals surface area contributed by atoms with E-state index in [1.807, 2.05) is 0 Å². The average molecular weight is 267 g/mol. The zero-order valence-electron chi connectivity index (χ0n) is 10.6. The highest BCUT2D eigenvalue weighted by Gasteiger charge is 2.21. The Morgan fingerprint density at radius 2 is 2.28 bits per heavy atom. The van der Waals surface area contributed by atoms with E-state index in [-0.39, 0.29) is 5.91 Å². The molecule has 0 radical (unpaired) electrons. The maximum absolute atomic E-state index is 11.9. The van der Waals surface area contributed by atoms with Crippen molar-refractivity contribution in [1.82, 2.24) is 5.32 Å². The molecule has 2 unspecified atom stereocenters. The average Bonchev–Trinajstić information content (AvgIpc) is 2.75. The summed E-state index contributed by atoms with van der Waals surface area (Å²) in [6, 6.07) is 4.98. The van der Waals surface area contributed by atoms with E-state index in [1.165, 1.54) is 19.3 Å². The van der Waals surface area contributed by atoms with Gasteiger partial charge in [0.15, 0.2) is 0 Å². The third kappa shape index (κ3) is 3.16. The second kappa shape index (κ2) is 5.61. The molecule has 3 nitrogen and oxygen atoms in total. The highest BCUT2D eigenvalue weighted by atomic mass is 35.5. The van der Waals surface area contributed by atoms with Gasteiger partial charge in [-0.1, -0.05) is 24.9 Å². The highest BCUT2D eigenvalue weighted by Crippen LogP contribution is 2.29. The van der Waals surface area contributed by atoms with E-state index < -0.39 is 0 Å². The molecule has 0 heterocycles. The predicted octanol–water partition coefficient (Wildman–Crippen LogP) is 3.09. The van der Waals surface area contributed by atoms with E-state index in [1.54, 1.807) is 18.2 Å². The van der Waals surface area contributed by atoms with E-state index in [0.29, 0.717) is 22.2 Å². The fraction of sp³-hybridized carbons (Fsp3) is 0.500. The second-order valence-electron chi connectivity index (χ2n) is 5.23. The van der Waals surface area contributed by atoms with Crippen LogP contribution in [-0.2, 0) is 0 Å². The second-order valence-corrected chi connectivity index (χ2v) is 5.64. The number of anilines is 1. The van der Waals surface area contributed by atoms with Crippen molar-refractivity contribution in [3.8, 4) is 0 Å². The van der Waals surface area contributed by atoms with E-state index in [2.05, 4.69) is 12.2 Å². The minimum absolute atomic E-state index is 0.0714. The molecular weight excluding hydrogens is 248 g/mol. The summed E-state index contributed by atoms with van der Waals surface area (Å²) in [6.07, 6.45) is 3.70. The van der Waals surface area contributed by atoms with E-state index in [4.69, 9.17) is 17.3 Å². The van der Waals surface area contributed by atoms with Crippen LogP contribution in [0.4, 0.5) is 5.69 Å². The lowest BCUT2D eigenvalue weighted by molar-refractivity contribution is 0.0947. The number of carbonyl (C=O) groups excluding carboxylic acids is 1. The minimum Gasteiger partial charge on any atom is -0.398 e. The minimum atomic E-state index is -0.0714. The van der Waals surface area contributed by atoms with Gasteiger partial charge in [0.2, 0.25) is 0 Å². The molecular formula is C14H19ClN2O. The van der Waals surface area contributed by atoms with Crippen LogP contribution in [0, 0.1) is 11.8 Å². The van der Waals surface area contributed by atoms with Crippen molar-refractivity contribution in [3.05, 3.63) is 28.8 Å². The van der Waals surface area contributed by atoms with Crippen molar-refractivity contribution < 1.29 is 4.79 Å². The van der Waals surface area contributed by atoms with Gasteiger partial charge in [0.25, 0.3) is 5.91 Å². The van der Waals surface area contributed by atoms with Gasteiger partial charge < -0.3 is 11.1 Å². The summed E-state index contributed by atoms with van der Waals surface area (Å²) >= 11 is 5.83. The van der Waals surface area contributed by atoms with Gasteiger partial charge in [0.05, 0.1) is 10.7 Å². The molecule has 2 rings (SSSR count). The van der Waals surface area contributed by atoms with Gasteiger partial charge in [-0.2, -0.15) is 0 Å². The highest BCUT2D eigenvalue weighted by molar-refractivity contribution is 6.33. The Morgan fingerprint density at radius 3 is 2.89 bits per heavy atom. The first-order valence-electron chi connectivity index (χ1n) is 6.39. The summed E-state index contributed by atoms with van der Waals surface area (Å²) in [4.78, 5) is 11.9. The largest absolute Gasteiger partial charge is 0.398 e. The topological polar surface area (TPSA) is 55.1 Å². The van der Waals surface area contributed by atoms with Crippen LogP contribution in [0.3, 0.4) is 0 Å². The SMILES string of the molecule is CC1CCC(CNC(=O)c2ccc(Cl)c(N)c2)C1. The molecule has 1 aromatic carbocycles. The number of amides is 1. The van der Waals surface area contributed by atoms with Crippen molar-refractivity contribution in [3.63, 3.8) is 0 Å². The zero-order chi connectivity index (χ0) is 13.1. The van der Waals surface area contributed by atoms with Gasteiger partial charge in [-0.05, 0) is 42.9 Å². The number of nitrogens with one attached hydrogen (secondary N) is 1. The van der Waals surface area contributed by atoms with E-state index in [0.717, 1.165) is 12.5 Å². The van der Waals surface area contributed by atoms with Crippen LogP contribution in [-0.4, -0.2) is 12.5 Å². The lowest BCUT2D eigenvalue weighted by Gasteiger charge is -2.11. The maximum Gasteiger partial charge on any atom is 0.251 e. The number of hydrogen-bond acceptors (Lipinski definition) is 2. The van der Waals surface area contributed by atoms with Crippen LogP contribution in [0.5, 0.6) is 0 Å². The molecule has 1 amide bonds. The molecule has 0 aromatic heterocycles. The molecule has 1 saturated carbocycles. The van der Waals surface area contributed by atoms with Crippen molar-refractivity contribution in [1.29, 1.82) is 0 Å². The number of rotatable bonds is 3. The fourth-order valence-corrected chi connectivity index (χ4v) is 2.65. The van der Waals surface area contributed by atoms with Gasteiger partial charge in [-0.3, -0.25) is 4.79 Å². The first kappa shape index (κ1) is 13.2. The summed E-state index contributed by atoms with van der Waals surface area (Å²) in [6.45, 7) is 3.02. The molecule has 0 spiro atoms. The van der Waals surface area contributed by atoms with Gasteiger partial charge in [0, 0.05) is 12.1 Å². The van der Waals surface area contributed by atoms with Gasteiger partial charge in [0.1, 0.15) is 0 Å². The number of halogens is 1. The molecule has 0 saturated heterocycles. The lowest BCUT2D eigenvalue weighted by atomic mass is 10.1. The third-order valence-corrected chi connectivity index (χ3v) is 3.96. The predicted molar refractivity (Wildman–Crippen MR) is 74.7 cm³/mol. The molecule has 0 aliphatic heterocycles. The quantitative estimate of drug-likeness (QED) is 0.826. The summed E-state index contributed by atoms with van der Waals surface area (Å²) in [5, 5.41) is 3.45. The van der Waals surface area contributed by atoms with Crippen LogP contribution < -0.4 is 11.1 Å². The Balaban J connectivity index is 1.89. The van der Waals surface area contributed by atoms with Crippen molar-refractivity contribution >= 4 is 23.2 Å². The number of nitrogens with two attached hydrogens (primary N) is 1. The molecule has 1 fully saturated rings. The molecule has 4 heteroatoms. The molecule has 0 bridgehead atoms. The van der Waals surface area contributed by atoms with Gasteiger partial charge in [-0.25, -0.2) is 0 Å². The molecule has 1 aliphatic carbocycles. The molecule has 1 aliphatic rings. The number of carbonyl (C=O) groups is 1. The first-order chi connectivity index (χ1) is 8.56. The van der Waals surface area contributed by atoms with Crippen LogP contribution in [0.2, 0.25) is 5.02 Å². The molecule has 98 valence electrons. The van der Waals surface area contributed by atoms with Crippen molar-refractivity contribution in [2.75, 3.05) is 12.3 Å². The Morgan fingerprint density at radius 1 is 1.50 bits per heavy atom. The zero-order valence-corrected chi connectivity index (χ0v) is 11.3. The molecule has 3 N–H and O–H groups in total. The van der Waals surface area contributed by atoms with Crippen LogP contribution in [0.25, 0.3) is 0 Å². The van der Waals surface area contributed by atoms with Crippen LogP contribution in [0.15, 0.2) is 18.2 Å². The number of benzene rings is 1. The Labute approximate surface area is 113 Å². The summed E-state index contributed by atoms with van der Waals surface area (Å²) in [5.41, 5.74) is 6.70. The number of hydrogen-bond donors (Lipinski definition) is 2. The molecule has 2 atom stereocenters. The maximum atomic E-state index is 11.9. The lowest BCUT2D eigenvalue weighted by Crippen LogP contribution is -2.28. The van der Waals surface area contributed by atoms with E-state index >= 15 is 0 Å². The molecule has 1 aromatic rings.